The summed E-state index contributed by atoms with van der Waals surface area (Å²) in [5.74, 6) is -0.148. The molecule has 17 heavy (non-hydrogen) atoms. The minimum atomic E-state index is -1.27. The van der Waals surface area contributed by atoms with Gasteiger partial charge in [-0.3, -0.25) is 19.8 Å². The van der Waals surface area contributed by atoms with E-state index in [-0.39, 0.29) is 29.5 Å². The van der Waals surface area contributed by atoms with Crippen LogP contribution in [0.25, 0.3) is 0 Å². The maximum Gasteiger partial charge on any atom is 0.304 e. The lowest BCUT2D eigenvalue weighted by molar-refractivity contribution is -0.540. The third-order valence-corrected chi connectivity index (χ3v) is 3.72. The second kappa shape index (κ2) is 4.53. The van der Waals surface area contributed by atoms with Crippen LogP contribution in [0.15, 0.2) is 0 Å². The highest BCUT2D eigenvalue weighted by Gasteiger charge is 2.49. The van der Waals surface area contributed by atoms with Crippen LogP contribution in [0, 0.1) is 10.1 Å². The molecular weight excluding hydrogens is 290 g/mol. The molecule has 1 aliphatic rings. The third kappa shape index (κ3) is 3.16. The van der Waals surface area contributed by atoms with Gasteiger partial charge in [0, 0.05) is 33.3 Å². The molecule has 0 spiro atoms. The maximum absolute atomic E-state index is 11.4. The van der Waals surface area contributed by atoms with Gasteiger partial charge in [0.25, 0.3) is 0 Å². The molecule has 6 nitrogen and oxygen atoms in total. The zero-order chi connectivity index (χ0) is 13.4. The van der Waals surface area contributed by atoms with E-state index in [0.717, 1.165) is 0 Å². The number of hydrogen-bond acceptors (Lipinski definition) is 4. The van der Waals surface area contributed by atoms with E-state index in [1.165, 1.54) is 11.8 Å². The van der Waals surface area contributed by atoms with Crippen molar-refractivity contribution in [3.63, 3.8) is 0 Å². The van der Waals surface area contributed by atoms with E-state index in [1.54, 1.807) is 0 Å². The van der Waals surface area contributed by atoms with Crippen LogP contribution in [0.2, 0.25) is 0 Å². The van der Waals surface area contributed by atoms with Crippen molar-refractivity contribution in [3.8, 4) is 0 Å². The van der Waals surface area contributed by atoms with E-state index >= 15 is 0 Å². The minimum Gasteiger partial charge on any atom is -0.322 e. The summed E-state index contributed by atoms with van der Waals surface area (Å²) in [4.78, 5) is 25.6. The Hall–Kier alpha value is -0.690. The fraction of sp³-hybridized carbons (Fsp3) is 0.900. The number of rotatable bonds is 1. The lowest BCUT2D eigenvalue weighted by Crippen LogP contribution is -2.64. The SMILES string of the molecule is CC(=O)N1CN(C(C)(C)C)CC(Br)([N+](=O)[O-])C1. The molecule has 0 N–H and O–H groups in total. The molecule has 1 fully saturated rings. The number of carbonyl (C=O) groups excluding carboxylic acids is 1. The van der Waals surface area contributed by atoms with E-state index in [2.05, 4.69) is 15.9 Å². The highest BCUT2D eigenvalue weighted by molar-refractivity contribution is 9.10. The van der Waals surface area contributed by atoms with Crippen LogP contribution in [0.4, 0.5) is 0 Å². The maximum atomic E-state index is 11.4. The number of alkyl halides is 1. The summed E-state index contributed by atoms with van der Waals surface area (Å²) in [5.41, 5.74) is -0.219. The average molecular weight is 308 g/mol. The monoisotopic (exact) mass is 307 g/mol. The van der Waals surface area contributed by atoms with Crippen molar-refractivity contribution in [2.75, 3.05) is 19.8 Å². The molecule has 1 unspecified atom stereocenters. The van der Waals surface area contributed by atoms with Gasteiger partial charge in [-0.1, -0.05) is 0 Å². The van der Waals surface area contributed by atoms with Gasteiger partial charge in [0.05, 0.1) is 13.2 Å². The van der Waals surface area contributed by atoms with Crippen LogP contribution < -0.4 is 0 Å². The summed E-state index contributed by atoms with van der Waals surface area (Å²) < 4.78 is -1.27. The summed E-state index contributed by atoms with van der Waals surface area (Å²) >= 11 is 3.17. The van der Waals surface area contributed by atoms with Crippen molar-refractivity contribution in [2.45, 2.75) is 37.7 Å². The summed E-state index contributed by atoms with van der Waals surface area (Å²) in [6, 6.07) is 0. The molecule has 0 bridgehead atoms. The molecule has 0 aromatic heterocycles. The quantitative estimate of drug-likeness (QED) is 0.317. The summed E-state index contributed by atoms with van der Waals surface area (Å²) in [5, 5.41) is 11.1. The number of halogens is 1. The van der Waals surface area contributed by atoms with Gasteiger partial charge in [0.1, 0.15) is 6.54 Å². The van der Waals surface area contributed by atoms with Crippen LogP contribution >= 0.6 is 15.9 Å². The molecule has 1 heterocycles. The van der Waals surface area contributed by atoms with Crippen LogP contribution in [0.3, 0.4) is 0 Å². The molecule has 98 valence electrons. The Morgan fingerprint density at radius 1 is 1.41 bits per heavy atom. The van der Waals surface area contributed by atoms with E-state index in [9.17, 15) is 14.9 Å². The topological polar surface area (TPSA) is 66.7 Å². The lowest BCUT2D eigenvalue weighted by atomic mass is 10.0. The van der Waals surface area contributed by atoms with Crippen LogP contribution in [0.1, 0.15) is 27.7 Å². The molecule has 0 aromatic carbocycles. The number of nitrogens with zero attached hydrogens (tertiary/aromatic N) is 3. The minimum absolute atomic E-state index is 0.0991. The van der Waals surface area contributed by atoms with E-state index in [1.807, 2.05) is 25.7 Å². The van der Waals surface area contributed by atoms with Gasteiger partial charge in [0.2, 0.25) is 5.91 Å². The van der Waals surface area contributed by atoms with Crippen molar-refractivity contribution in [3.05, 3.63) is 10.1 Å². The smallest absolute Gasteiger partial charge is 0.304 e. The second-order valence-electron chi connectivity index (χ2n) is 5.40. The predicted molar refractivity (Wildman–Crippen MR) is 67.4 cm³/mol. The van der Waals surface area contributed by atoms with Gasteiger partial charge in [-0.25, -0.2) is 0 Å². The zero-order valence-corrected chi connectivity index (χ0v) is 12.2. The molecular formula is C10H18BrN3O3. The molecule has 1 atom stereocenters. The molecule has 0 saturated carbocycles. The fourth-order valence-electron chi connectivity index (χ4n) is 1.72. The van der Waals surface area contributed by atoms with Crippen LogP contribution in [-0.4, -0.2) is 50.4 Å². The Labute approximate surface area is 109 Å². The Kier molecular flexibility index (Phi) is 3.83. The lowest BCUT2D eigenvalue weighted by Gasteiger charge is -2.45. The Balaban J connectivity index is 2.99. The number of carbonyl (C=O) groups is 1. The van der Waals surface area contributed by atoms with Gasteiger partial charge in [-0.2, -0.15) is 0 Å². The van der Waals surface area contributed by atoms with Crippen molar-refractivity contribution in [1.82, 2.24) is 9.80 Å². The summed E-state index contributed by atoms with van der Waals surface area (Å²) in [7, 11) is 0. The van der Waals surface area contributed by atoms with Gasteiger partial charge >= 0.3 is 4.45 Å². The van der Waals surface area contributed by atoms with Gasteiger partial charge in [-0.15, -0.1) is 0 Å². The van der Waals surface area contributed by atoms with Gasteiger partial charge < -0.3 is 4.90 Å². The Morgan fingerprint density at radius 2 is 1.94 bits per heavy atom. The second-order valence-corrected chi connectivity index (χ2v) is 6.88. The first-order valence-electron chi connectivity index (χ1n) is 5.40. The van der Waals surface area contributed by atoms with Crippen molar-refractivity contribution < 1.29 is 9.72 Å². The van der Waals surface area contributed by atoms with Gasteiger partial charge in [-0.05, 0) is 20.8 Å². The molecule has 1 saturated heterocycles. The average Bonchev–Trinajstić information content (AvgIpc) is 2.15. The first-order chi connectivity index (χ1) is 7.56. The van der Waals surface area contributed by atoms with Crippen LogP contribution in [0.5, 0.6) is 0 Å². The molecule has 0 radical (unpaired) electrons. The van der Waals surface area contributed by atoms with E-state index in [4.69, 9.17) is 0 Å². The standard InChI is InChI=1S/C10H18BrN3O3/c1-8(15)12-5-10(11,14(16)17)6-13(7-12)9(2,3)4/h5-7H2,1-4H3. The Morgan fingerprint density at radius 3 is 2.29 bits per heavy atom. The highest BCUT2D eigenvalue weighted by atomic mass is 79.9. The molecule has 0 aromatic rings. The molecule has 0 aliphatic carbocycles. The largest absolute Gasteiger partial charge is 0.322 e. The number of nitro groups is 1. The van der Waals surface area contributed by atoms with Crippen LogP contribution in [-0.2, 0) is 4.79 Å². The molecule has 7 heteroatoms. The van der Waals surface area contributed by atoms with E-state index in [0.29, 0.717) is 6.67 Å². The molecule has 1 aliphatic heterocycles. The van der Waals surface area contributed by atoms with Gasteiger partial charge in [0.15, 0.2) is 0 Å². The normalized spacial score (nSPS) is 27.0. The molecule has 1 amide bonds. The Bertz CT molecular complexity index is 342. The van der Waals surface area contributed by atoms with Crippen molar-refractivity contribution in [2.24, 2.45) is 0 Å². The zero-order valence-electron chi connectivity index (χ0n) is 10.6. The number of amides is 1. The fourth-order valence-corrected chi connectivity index (χ4v) is 2.32. The summed E-state index contributed by atoms with van der Waals surface area (Å²) in [6.07, 6.45) is 0. The third-order valence-electron chi connectivity index (χ3n) is 2.93. The van der Waals surface area contributed by atoms with Crippen molar-refractivity contribution in [1.29, 1.82) is 0 Å². The molecule has 1 rings (SSSR count). The predicted octanol–water partition coefficient (Wildman–Crippen LogP) is 1.27. The first kappa shape index (κ1) is 14.4. The number of hydrogen-bond donors (Lipinski definition) is 0. The van der Waals surface area contributed by atoms with Crippen molar-refractivity contribution >= 4 is 21.8 Å². The first-order valence-corrected chi connectivity index (χ1v) is 6.19. The summed E-state index contributed by atoms with van der Waals surface area (Å²) in [6.45, 7) is 8.17. The van der Waals surface area contributed by atoms with E-state index < -0.39 is 4.45 Å². The highest BCUT2D eigenvalue weighted by Crippen LogP contribution is 2.30.